The Balaban J connectivity index is 2.16. The van der Waals surface area contributed by atoms with Crippen LogP contribution in [0.1, 0.15) is 12.8 Å². The van der Waals surface area contributed by atoms with Crippen molar-refractivity contribution in [3.8, 4) is 0 Å². The van der Waals surface area contributed by atoms with Crippen molar-refractivity contribution in [3.05, 3.63) is 29.6 Å². The highest BCUT2D eigenvalue weighted by molar-refractivity contribution is 5.48. The van der Waals surface area contributed by atoms with Crippen LogP contribution in [0.3, 0.4) is 0 Å². The third-order valence-electron chi connectivity index (χ3n) is 3.26. The van der Waals surface area contributed by atoms with E-state index in [1.807, 2.05) is 7.05 Å². The average Bonchev–Trinajstić information content (AvgIpc) is 2.36. The minimum Gasteiger partial charge on any atom is -0.369 e. The molecule has 0 unspecified atom stereocenters. The molecular weight excluding hydrogens is 229 g/mol. The Morgan fingerprint density at radius 3 is 2.35 bits per heavy atom. The van der Waals surface area contributed by atoms with E-state index >= 15 is 0 Å². The summed E-state index contributed by atoms with van der Waals surface area (Å²) in [4.78, 5) is 1.76. The molecule has 1 N–H and O–H groups in total. The molecule has 2 rings (SSSR count). The van der Waals surface area contributed by atoms with Gasteiger partial charge in [0.1, 0.15) is 0 Å². The highest BCUT2D eigenvalue weighted by Gasteiger charge is 2.22. The molecule has 0 amide bonds. The average molecular weight is 244 g/mol. The van der Waals surface area contributed by atoms with Crippen LogP contribution in [0.5, 0.6) is 0 Å². The summed E-state index contributed by atoms with van der Waals surface area (Å²) >= 11 is 0. The zero-order chi connectivity index (χ0) is 12.4. The monoisotopic (exact) mass is 244 g/mol. The minimum atomic E-state index is -1.39. The molecule has 0 atom stereocenters. The first-order valence-electron chi connectivity index (χ1n) is 5.69. The summed E-state index contributed by atoms with van der Waals surface area (Å²) < 4.78 is 39.5. The van der Waals surface area contributed by atoms with Crippen molar-refractivity contribution in [1.29, 1.82) is 0 Å². The van der Waals surface area contributed by atoms with E-state index in [2.05, 4.69) is 5.32 Å². The summed E-state index contributed by atoms with van der Waals surface area (Å²) in [6, 6.07) is 2.69. The Labute approximate surface area is 98.4 Å². The Morgan fingerprint density at radius 2 is 1.76 bits per heavy atom. The van der Waals surface area contributed by atoms with Gasteiger partial charge in [0.05, 0.1) is 5.69 Å². The summed E-state index contributed by atoms with van der Waals surface area (Å²) in [7, 11) is 1.89. The van der Waals surface area contributed by atoms with E-state index in [1.165, 1.54) is 6.07 Å². The Hall–Kier alpha value is -1.23. The van der Waals surface area contributed by atoms with Crippen molar-refractivity contribution in [1.82, 2.24) is 5.32 Å². The maximum atomic E-state index is 13.6. The van der Waals surface area contributed by atoms with E-state index in [9.17, 15) is 13.2 Å². The van der Waals surface area contributed by atoms with Crippen molar-refractivity contribution in [2.24, 2.45) is 0 Å². The van der Waals surface area contributed by atoms with Crippen molar-refractivity contribution < 1.29 is 13.2 Å². The number of rotatable bonds is 2. The van der Waals surface area contributed by atoms with Crippen LogP contribution in [0.15, 0.2) is 12.1 Å². The van der Waals surface area contributed by atoms with E-state index in [-0.39, 0.29) is 5.69 Å². The number of anilines is 1. The molecule has 17 heavy (non-hydrogen) atoms. The van der Waals surface area contributed by atoms with Gasteiger partial charge in [-0.2, -0.15) is 0 Å². The molecule has 0 aromatic heterocycles. The fourth-order valence-corrected chi connectivity index (χ4v) is 2.17. The Kier molecular flexibility index (Phi) is 3.57. The van der Waals surface area contributed by atoms with Crippen LogP contribution in [0.2, 0.25) is 0 Å². The lowest BCUT2D eigenvalue weighted by atomic mass is 10.0. The molecule has 94 valence electrons. The Morgan fingerprint density at radius 1 is 1.12 bits per heavy atom. The number of halogens is 3. The molecular formula is C12H15F3N2. The summed E-state index contributed by atoms with van der Waals surface area (Å²) in [5.74, 6) is -3.62. The lowest BCUT2D eigenvalue weighted by Gasteiger charge is -2.33. The molecule has 0 radical (unpaired) electrons. The second-order valence-electron chi connectivity index (χ2n) is 4.24. The second kappa shape index (κ2) is 4.96. The number of hydrogen-bond acceptors (Lipinski definition) is 2. The number of hydrogen-bond donors (Lipinski definition) is 1. The molecule has 2 nitrogen and oxygen atoms in total. The first-order valence-corrected chi connectivity index (χ1v) is 5.69. The van der Waals surface area contributed by atoms with Gasteiger partial charge in [0.25, 0.3) is 0 Å². The first-order chi connectivity index (χ1) is 8.13. The largest absolute Gasteiger partial charge is 0.369 e. The fraction of sp³-hybridized carbons (Fsp3) is 0.500. The highest BCUT2D eigenvalue weighted by atomic mass is 19.2. The molecule has 1 heterocycles. The smallest absolute Gasteiger partial charge is 0.196 e. The molecule has 0 aliphatic carbocycles. The van der Waals surface area contributed by atoms with E-state index in [0.717, 1.165) is 18.9 Å². The molecule has 5 heteroatoms. The molecule has 0 spiro atoms. The van der Waals surface area contributed by atoms with Gasteiger partial charge in [0, 0.05) is 19.1 Å². The standard InChI is InChI=1S/C12H15F3N2/c1-16-8-4-6-17(7-5-8)10-3-2-9(13)11(14)12(10)15/h2-3,8,16H,4-7H2,1H3. The van der Waals surface area contributed by atoms with Crippen LogP contribution in [0.25, 0.3) is 0 Å². The van der Waals surface area contributed by atoms with Crippen LogP contribution in [-0.2, 0) is 0 Å². The van der Waals surface area contributed by atoms with Crippen molar-refractivity contribution >= 4 is 5.69 Å². The summed E-state index contributed by atoms with van der Waals surface area (Å²) in [5, 5.41) is 3.16. The Bertz CT molecular complexity index is 401. The lowest BCUT2D eigenvalue weighted by molar-refractivity contribution is 0.424. The van der Waals surface area contributed by atoms with Gasteiger partial charge in [-0.15, -0.1) is 0 Å². The predicted octanol–water partition coefficient (Wildman–Crippen LogP) is 2.29. The van der Waals surface area contributed by atoms with Crippen LogP contribution in [-0.4, -0.2) is 26.2 Å². The van der Waals surface area contributed by atoms with Crippen molar-refractivity contribution in [2.45, 2.75) is 18.9 Å². The number of benzene rings is 1. The molecule has 1 aromatic carbocycles. The first kappa shape index (κ1) is 12.2. The SMILES string of the molecule is CNC1CCN(c2ccc(F)c(F)c2F)CC1. The molecule has 1 aliphatic heterocycles. The van der Waals surface area contributed by atoms with Gasteiger partial charge in [-0.25, -0.2) is 13.2 Å². The molecule has 1 aromatic rings. The third kappa shape index (κ3) is 2.39. The van der Waals surface area contributed by atoms with Gasteiger partial charge >= 0.3 is 0 Å². The molecule has 1 fully saturated rings. The number of nitrogens with one attached hydrogen (secondary N) is 1. The van der Waals surface area contributed by atoms with Gasteiger partial charge in [0.15, 0.2) is 17.5 Å². The number of piperidine rings is 1. The zero-order valence-electron chi connectivity index (χ0n) is 9.64. The van der Waals surface area contributed by atoms with Gasteiger partial charge < -0.3 is 10.2 Å². The summed E-state index contributed by atoms with van der Waals surface area (Å²) in [6.07, 6.45) is 1.74. The zero-order valence-corrected chi connectivity index (χ0v) is 9.64. The number of nitrogens with zero attached hydrogens (tertiary/aromatic N) is 1. The van der Waals surface area contributed by atoms with E-state index in [0.29, 0.717) is 19.1 Å². The highest BCUT2D eigenvalue weighted by Crippen LogP contribution is 2.26. The molecule has 0 saturated carbocycles. The quantitative estimate of drug-likeness (QED) is 0.803. The van der Waals surface area contributed by atoms with Crippen LogP contribution < -0.4 is 10.2 Å². The van der Waals surface area contributed by atoms with Gasteiger partial charge in [-0.1, -0.05) is 0 Å². The van der Waals surface area contributed by atoms with Crippen LogP contribution in [0, 0.1) is 17.5 Å². The topological polar surface area (TPSA) is 15.3 Å². The van der Waals surface area contributed by atoms with Gasteiger partial charge in [-0.05, 0) is 32.0 Å². The summed E-state index contributed by atoms with van der Waals surface area (Å²) in [6.45, 7) is 1.29. The third-order valence-corrected chi connectivity index (χ3v) is 3.26. The molecule has 1 saturated heterocycles. The van der Waals surface area contributed by atoms with Crippen molar-refractivity contribution in [2.75, 3.05) is 25.0 Å². The predicted molar refractivity (Wildman–Crippen MR) is 60.6 cm³/mol. The maximum Gasteiger partial charge on any atom is 0.196 e. The van der Waals surface area contributed by atoms with E-state index < -0.39 is 17.5 Å². The molecule has 1 aliphatic rings. The molecule has 0 bridgehead atoms. The fourth-order valence-electron chi connectivity index (χ4n) is 2.17. The van der Waals surface area contributed by atoms with Crippen molar-refractivity contribution in [3.63, 3.8) is 0 Å². The van der Waals surface area contributed by atoms with Gasteiger partial charge in [-0.3, -0.25) is 0 Å². The minimum absolute atomic E-state index is 0.151. The van der Waals surface area contributed by atoms with Gasteiger partial charge in [0.2, 0.25) is 0 Å². The van der Waals surface area contributed by atoms with Crippen LogP contribution >= 0.6 is 0 Å². The van der Waals surface area contributed by atoms with E-state index in [1.54, 1.807) is 4.90 Å². The normalized spacial score (nSPS) is 17.5. The van der Waals surface area contributed by atoms with Crippen LogP contribution in [0.4, 0.5) is 18.9 Å². The summed E-state index contributed by atoms with van der Waals surface area (Å²) in [5.41, 5.74) is 0.151. The maximum absolute atomic E-state index is 13.6. The second-order valence-corrected chi connectivity index (χ2v) is 4.24. The lowest BCUT2D eigenvalue weighted by Crippen LogP contribution is -2.41. The van der Waals surface area contributed by atoms with E-state index in [4.69, 9.17) is 0 Å².